The topological polar surface area (TPSA) is 80.6 Å². The second-order valence-corrected chi connectivity index (χ2v) is 1.47. The molecule has 7 heteroatoms. The number of hydrogen-bond donors (Lipinski definition) is 2. The minimum atomic E-state index is -4.89. The summed E-state index contributed by atoms with van der Waals surface area (Å²) in [6, 6.07) is 0. The molecule has 0 saturated carbocycles. The number of phosphoric acid groups is 1. The second-order valence-electron chi connectivity index (χ2n) is 0.491. The summed E-state index contributed by atoms with van der Waals surface area (Å²) >= 11 is 0. The summed E-state index contributed by atoms with van der Waals surface area (Å²) in [5.41, 5.74) is 0. The summed E-state index contributed by atoms with van der Waals surface area (Å²) in [6.45, 7) is 0. The second kappa shape index (κ2) is 5.93. The van der Waals surface area contributed by atoms with Crippen molar-refractivity contribution in [3.05, 3.63) is 0 Å². The number of rotatable bonds is 0. The molecule has 0 aromatic carbocycles. The van der Waals surface area contributed by atoms with Gasteiger partial charge in [-0.15, -0.1) is 0 Å². The Labute approximate surface area is 77.1 Å². The van der Waals surface area contributed by atoms with Crippen molar-refractivity contribution in [1.29, 1.82) is 0 Å². The van der Waals surface area contributed by atoms with E-state index in [1.54, 1.807) is 0 Å². The third kappa shape index (κ3) is 81.1. The average molecular weight is 216 g/mol. The molecule has 0 unspecified atom stereocenters. The summed E-state index contributed by atoms with van der Waals surface area (Å²) < 4.78 is 8.77. The van der Waals surface area contributed by atoms with Gasteiger partial charge in [0.1, 0.15) is 0 Å². The minimum Gasteiger partial charge on any atom is -0.756 e. The molecule has 0 bridgehead atoms. The van der Waals surface area contributed by atoms with Crippen molar-refractivity contribution in [2.75, 3.05) is 0 Å². The van der Waals surface area contributed by atoms with E-state index < -0.39 is 7.82 Å². The fraction of sp³-hybridized carbons (Fsp3) is 0. The van der Waals surface area contributed by atoms with Crippen molar-refractivity contribution in [3.63, 3.8) is 0 Å². The molecule has 0 spiro atoms. The summed E-state index contributed by atoms with van der Waals surface area (Å²) in [6.07, 6.45) is 0. The van der Waals surface area contributed by atoms with Gasteiger partial charge in [0.05, 0.1) is 0 Å². The average Bonchev–Trinajstić information content (AvgIpc) is 0.722. The molecule has 0 fully saturated rings. The van der Waals surface area contributed by atoms with E-state index in [9.17, 15) is 0 Å². The fourth-order valence-corrected chi connectivity index (χ4v) is 0. The van der Waals surface area contributed by atoms with Gasteiger partial charge < -0.3 is 14.7 Å². The van der Waals surface area contributed by atoms with E-state index in [0.717, 1.165) is 0 Å². The van der Waals surface area contributed by atoms with Crippen LogP contribution < -0.4 is 34.5 Å². The SMILES string of the molecule is O=P([O-])(O)O.[Mo].[Na+]. The smallest absolute Gasteiger partial charge is 0.756 e. The minimum absolute atomic E-state index is 0. The van der Waals surface area contributed by atoms with Crippen LogP contribution in [-0.2, 0) is 25.6 Å². The molecule has 38 valence electrons. The van der Waals surface area contributed by atoms with E-state index >= 15 is 0 Å². The Hall–Kier alpha value is 1.80. The van der Waals surface area contributed by atoms with E-state index in [1.807, 2.05) is 0 Å². The van der Waals surface area contributed by atoms with Crippen LogP contribution in [-0.4, -0.2) is 9.79 Å². The molecule has 0 atom stereocenters. The van der Waals surface area contributed by atoms with E-state index in [0.29, 0.717) is 0 Å². The van der Waals surface area contributed by atoms with Gasteiger partial charge in [0.25, 0.3) is 7.82 Å². The van der Waals surface area contributed by atoms with Crippen molar-refractivity contribution in [3.8, 4) is 0 Å². The van der Waals surface area contributed by atoms with Crippen molar-refractivity contribution < 1.29 is 69.9 Å². The summed E-state index contributed by atoms with van der Waals surface area (Å²) in [5.74, 6) is 0. The molecule has 0 aromatic rings. The van der Waals surface area contributed by atoms with Crippen LogP contribution >= 0.6 is 7.82 Å². The van der Waals surface area contributed by atoms with Crippen LogP contribution in [0.5, 0.6) is 0 Å². The zero-order valence-corrected chi connectivity index (χ0v) is 8.47. The van der Waals surface area contributed by atoms with Crippen molar-refractivity contribution in [2.24, 2.45) is 0 Å². The standard InChI is InChI=1S/Mo.Na.H3O4P/c;;1-5(2,3)4/h;;(H3,1,2,3,4)/q;+1;/p-1. The Morgan fingerprint density at radius 3 is 1.43 bits per heavy atom. The molecule has 0 amide bonds. The van der Waals surface area contributed by atoms with Gasteiger partial charge in [0.15, 0.2) is 0 Å². The maximum atomic E-state index is 8.77. The van der Waals surface area contributed by atoms with Crippen LogP contribution in [0.3, 0.4) is 0 Å². The molecule has 0 rings (SSSR count). The fourth-order valence-electron chi connectivity index (χ4n) is 0. The first-order valence-electron chi connectivity index (χ1n) is 0.765. The first-order valence-corrected chi connectivity index (χ1v) is 2.30. The van der Waals surface area contributed by atoms with Gasteiger partial charge in [-0.3, -0.25) is 4.57 Å². The quantitative estimate of drug-likeness (QED) is 0.315. The predicted octanol–water partition coefficient (Wildman–Crippen LogP) is -4.56. The Balaban J connectivity index is -0.0000000800. The third-order valence-corrected chi connectivity index (χ3v) is 0. The molecule has 0 saturated heterocycles. The zero-order valence-electron chi connectivity index (χ0n) is 3.57. The monoisotopic (exact) mass is 218 g/mol. The molecule has 0 aliphatic carbocycles. The van der Waals surface area contributed by atoms with Crippen molar-refractivity contribution in [1.82, 2.24) is 0 Å². The number of hydrogen-bond acceptors (Lipinski definition) is 2. The van der Waals surface area contributed by atoms with Gasteiger partial charge in [0, 0.05) is 21.1 Å². The van der Waals surface area contributed by atoms with Crippen molar-refractivity contribution in [2.45, 2.75) is 0 Å². The van der Waals surface area contributed by atoms with Crippen LogP contribution in [0, 0.1) is 0 Å². The molecule has 0 aromatic heterocycles. The maximum absolute atomic E-state index is 8.77. The van der Waals surface area contributed by atoms with Gasteiger partial charge >= 0.3 is 29.6 Å². The summed E-state index contributed by atoms with van der Waals surface area (Å²) in [4.78, 5) is 22.9. The summed E-state index contributed by atoms with van der Waals surface area (Å²) in [7, 11) is -4.89. The van der Waals surface area contributed by atoms with E-state index in [1.165, 1.54) is 0 Å². The Kier molecular flexibility index (Phi) is 13.5. The molecule has 0 aliphatic rings. The van der Waals surface area contributed by atoms with Crippen LogP contribution in [0.15, 0.2) is 0 Å². The van der Waals surface area contributed by atoms with Gasteiger partial charge in [0.2, 0.25) is 0 Å². The summed E-state index contributed by atoms with van der Waals surface area (Å²) in [5, 5.41) is 0. The molecular formula is H2MoNaO4P. The van der Waals surface area contributed by atoms with Crippen molar-refractivity contribution >= 4 is 7.82 Å². The van der Waals surface area contributed by atoms with E-state index in [2.05, 4.69) is 0 Å². The zero-order chi connectivity index (χ0) is 4.50. The van der Waals surface area contributed by atoms with Gasteiger partial charge in [-0.1, -0.05) is 0 Å². The maximum Gasteiger partial charge on any atom is 1.00 e. The molecule has 7 heavy (non-hydrogen) atoms. The normalized spacial score (nSPS) is 8.43. The van der Waals surface area contributed by atoms with Crippen LogP contribution in [0.2, 0.25) is 0 Å². The van der Waals surface area contributed by atoms with Gasteiger partial charge in [-0.05, 0) is 0 Å². The largest absolute Gasteiger partial charge is 1.00 e. The first kappa shape index (κ1) is 15.9. The molecule has 2 N–H and O–H groups in total. The van der Waals surface area contributed by atoms with Gasteiger partial charge in [-0.2, -0.15) is 0 Å². The van der Waals surface area contributed by atoms with Gasteiger partial charge in [-0.25, -0.2) is 0 Å². The predicted molar refractivity (Wildman–Crippen MR) is 12.0 cm³/mol. The van der Waals surface area contributed by atoms with Crippen LogP contribution in [0.25, 0.3) is 0 Å². The van der Waals surface area contributed by atoms with Crippen LogP contribution in [0.4, 0.5) is 0 Å². The Bertz CT molecular complexity index is 57.8. The molecule has 0 heterocycles. The Morgan fingerprint density at radius 1 is 1.43 bits per heavy atom. The molecular weight excluding hydrogens is 214 g/mol. The van der Waals surface area contributed by atoms with E-state index in [-0.39, 0.29) is 50.6 Å². The van der Waals surface area contributed by atoms with Crippen LogP contribution in [0.1, 0.15) is 0 Å². The third-order valence-electron chi connectivity index (χ3n) is 0. The molecule has 0 radical (unpaired) electrons. The Morgan fingerprint density at radius 2 is 1.43 bits per heavy atom. The molecule has 0 aliphatic heterocycles. The first-order chi connectivity index (χ1) is 2.00. The van der Waals surface area contributed by atoms with E-state index in [4.69, 9.17) is 19.2 Å². The molecule has 4 nitrogen and oxygen atoms in total.